The van der Waals surface area contributed by atoms with Crippen molar-refractivity contribution in [3.05, 3.63) is 53.6 Å². The van der Waals surface area contributed by atoms with Crippen LogP contribution < -0.4 is 14.4 Å². The summed E-state index contributed by atoms with van der Waals surface area (Å²) in [7, 11) is 3.26. The molecule has 0 radical (unpaired) electrons. The van der Waals surface area contributed by atoms with Crippen molar-refractivity contribution in [3.8, 4) is 11.5 Å². The Labute approximate surface area is 150 Å². The fourth-order valence-electron chi connectivity index (χ4n) is 3.01. The van der Waals surface area contributed by atoms with E-state index in [1.165, 1.54) is 0 Å². The predicted molar refractivity (Wildman–Crippen MR) is 102 cm³/mol. The number of carbonyl (C=O) groups excluding carboxylic acids is 1. The molecule has 0 aliphatic heterocycles. The average Bonchev–Trinajstić information content (AvgIpc) is 2.61. The molecule has 134 valence electrons. The van der Waals surface area contributed by atoms with E-state index in [0.29, 0.717) is 13.0 Å². The number of rotatable bonds is 7. The first kappa shape index (κ1) is 18.8. The first-order valence-corrected chi connectivity index (χ1v) is 8.59. The minimum Gasteiger partial charge on any atom is -0.497 e. The van der Waals surface area contributed by atoms with Crippen LogP contribution in [-0.2, 0) is 4.79 Å². The lowest BCUT2D eigenvalue weighted by Crippen LogP contribution is -2.31. The zero-order chi connectivity index (χ0) is 18.4. The molecule has 2 aromatic carbocycles. The molecule has 0 spiro atoms. The van der Waals surface area contributed by atoms with Crippen LogP contribution in [0.2, 0.25) is 0 Å². The van der Waals surface area contributed by atoms with E-state index in [1.807, 2.05) is 68.1 Å². The molecule has 4 heteroatoms. The number of amides is 1. The molecule has 0 bridgehead atoms. The Hall–Kier alpha value is -2.49. The molecular formula is C21H27NO3. The van der Waals surface area contributed by atoms with E-state index < -0.39 is 0 Å². The smallest absolute Gasteiger partial charge is 0.227 e. The maximum Gasteiger partial charge on any atom is 0.227 e. The largest absolute Gasteiger partial charge is 0.497 e. The highest BCUT2D eigenvalue weighted by Crippen LogP contribution is 2.33. The van der Waals surface area contributed by atoms with Gasteiger partial charge in [-0.25, -0.2) is 0 Å². The van der Waals surface area contributed by atoms with Crippen molar-refractivity contribution in [3.63, 3.8) is 0 Å². The van der Waals surface area contributed by atoms with Gasteiger partial charge in [-0.05, 0) is 49.1 Å². The molecule has 0 fully saturated rings. The third kappa shape index (κ3) is 4.53. The van der Waals surface area contributed by atoms with Gasteiger partial charge in [-0.2, -0.15) is 0 Å². The first-order valence-electron chi connectivity index (χ1n) is 8.59. The Morgan fingerprint density at radius 3 is 2.48 bits per heavy atom. The summed E-state index contributed by atoms with van der Waals surface area (Å²) >= 11 is 0. The summed E-state index contributed by atoms with van der Waals surface area (Å²) in [6, 6.07) is 13.8. The van der Waals surface area contributed by atoms with Crippen LogP contribution in [0.4, 0.5) is 5.69 Å². The summed E-state index contributed by atoms with van der Waals surface area (Å²) in [4.78, 5) is 14.7. The van der Waals surface area contributed by atoms with Crippen molar-refractivity contribution >= 4 is 11.6 Å². The van der Waals surface area contributed by atoms with Crippen molar-refractivity contribution < 1.29 is 14.3 Å². The van der Waals surface area contributed by atoms with E-state index in [0.717, 1.165) is 28.3 Å². The number of hydrogen-bond donors (Lipinski definition) is 0. The molecule has 0 aliphatic carbocycles. The second-order valence-corrected chi connectivity index (χ2v) is 6.19. The lowest BCUT2D eigenvalue weighted by atomic mass is 9.95. The lowest BCUT2D eigenvalue weighted by Gasteiger charge is -2.24. The number of hydrogen-bond acceptors (Lipinski definition) is 3. The van der Waals surface area contributed by atoms with Gasteiger partial charge in [0.15, 0.2) is 0 Å². The summed E-state index contributed by atoms with van der Waals surface area (Å²) in [5.41, 5.74) is 3.10. The number of benzene rings is 2. The maximum atomic E-state index is 12.9. The van der Waals surface area contributed by atoms with Crippen LogP contribution in [-0.4, -0.2) is 26.7 Å². The highest BCUT2D eigenvalue weighted by Gasteiger charge is 2.20. The van der Waals surface area contributed by atoms with Crippen molar-refractivity contribution in [1.29, 1.82) is 0 Å². The molecule has 4 nitrogen and oxygen atoms in total. The number of carbonyl (C=O) groups is 1. The predicted octanol–water partition coefficient (Wildman–Crippen LogP) is 4.56. The topological polar surface area (TPSA) is 38.8 Å². The molecule has 2 rings (SSSR count). The van der Waals surface area contributed by atoms with Gasteiger partial charge in [0.1, 0.15) is 11.5 Å². The number of anilines is 1. The van der Waals surface area contributed by atoms with Crippen LogP contribution in [0.15, 0.2) is 42.5 Å². The Morgan fingerprint density at radius 2 is 1.88 bits per heavy atom. The number of methoxy groups -OCH3 is 2. The monoisotopic (exact) mass is 341 g/mol. The van der Waals surface area contributed by atoms with Crippen LogP contribution >= 0.6 is 0 Å². The normalized spacial score (nSPS) is 11.7. The van der Waals surface area contributed by atoms with Crippen molar-refractivity contribution in [2.45, 2.75) is 33.1 Å². The van der Waals surface area contributed by atoms with Gasteiger partial charge in [0.25, 0.3) is 0 Å². The first-order chi connectivity index (χ1) is 12.0. The summed E-state index contributed by atoms with van der Waals surface area (Å²) in [6.07, 6.45) is 0.421. The molecule has 0 saturated carbocycles. The SMILES string of the molecule is CCN(C(=O)CC(C)c1ccc(OC)cc1OC)c1cccc(C)c1. The lowest BCUT2D eigenvalue weighted by molar-refractivity contribution is -0.118. The molecule has 2 aromatic rings. The molecule has 0 saturated heterocycles. The van der Waals surface area contributed by atoms with E-state index in [9.17, 15) is 4.79 Å². The van der Waals surface area contributed by atoms with Crippen LogP contribution in [0, 0.1) is 6.92 Å². The summed E-state index contributed by atoms with van der Waals surface area (Å²) in [5, 5.41) is 0. The molecule has 1 atom stereocenters. The Kier molecular flexibility index (Phi) is 6.45. The van der Waals surface area contributed by atoms with E-state index in [-0.39, 0.29) is 11.8 Å². The summed E-state index contributed by atoms with van der Waals surface area (Å²) in [5.74, 6) is 1.65. The fraction of sp³-hybridized carbons (Fsp3) is 0.381. The number of nitrogens with zero attached hydrogens (tertiary/aromatic N) is 1. The molecule has 1 amide bonds. The van der Waals surface area contributed by atoms with Crippen LogP contribution in [0.3, 0.4) is 0 Å². The number of ether oxygens (including phenoxy) is 2. The highest BCUT2D eigenvalue weighted by atomic mass is 16.5. The molecule has 0 N–H and O–H groups in total. The fourth-order valence-corrected chi connectivity index (χ4v) is 3.01. The third-order valence-corrected chi connectivity index (χ3v) is 4.38. The van der Waals surface area contributed by atoms with Crippen molar-refractivity contribution in [1.82, 2.24) is 0 Å². The second-order valence-electron chi connectivity index (χ2n) is 6.19. The maximum absolute atomic E-state index is 12.9. The average molecular weight is 341 g/mol. The van der Waals surface area contributed by atoms with Gasteiger partial charge in [0.2, 0.25) is 5.91 Å². The van der Waals surface area contributed by atoms with Crippen LogP contribution in [0.25, 0.3) is 0 Å². The number of aryl methyl sites for hydroxylation is 1. The Bertz CT molecular complexity index is 727. The van der Waals surface area contributed by atoms with E-state index in [1.54, 1.807) is 14.2 Å². The molecule has 1 unspecified atom stereocenters. The van der Waals surface area contributed by atoms with Gasteiger partial charge in [-0.3, -0.25) is 4.79 Å². The van der Waals surface area contributed by atoms with E-state index in [2.05, 4.69) is 0 Å². The molecule has 0 aliphatic rings. The van der Waals surface area contributed by atoms with Gasteiger partial charge < -0.3 is 14.4 Å². The Balaban J connectivity index is 2.18. The summed E-state index contributed by atoms with van der Waals surface area (Å²) in [6.45, 7) is 6.73. The van der Waals surface area contributed by atoms with Gasteiger partial charge in [0, 0.05) is 24.7 Å². The van der Waals surface area contributed by atoms with Gasteiger partial charge in [0.05, 0.1) is 14.2 Å². The molecule has 25 heavy (non-hydrogen) atoms. The van der Waals surface area contributed by atoms with Gasteiger partial charge in [-0.15, -0.1) is 0 Å². The van der Waals surface area contributed by atoms with Crippen molar-refractivity contribution in [2.24, 2.45) is 0 Å². The van der Waals surface area contributed by atoms with Crippen molar-refractivity contribution in [2.75, 3.05) is 25.7 Å². The second kappa shape index (κ2) is 8.56. The van der Waals surface area contributed by atoms with Crippen LogP contribution in [0.5, 0.6) is 11.5 Å². The minimum absolute atomic E-state index is 0.0483. The quantitative estimate of drug-likeness (QED) is 0.741. The molecule has 0 heterocycles. The van der Waals surface area contributed by atoms with Gasteiger partial charge >= 0.3 is 0 Å². The summed E-state index contributed by atoms with van der Waals surface area (Å²) < 4.78 is 10.7. The van der Waals surface area contributed by atoms with E-state index in [4.69, 9.17) is 9.47 Å². The molecular weight excluding hydrogens is 314 g/mol. The highest BCUT2D eigenvalue weighted by molar-refractivity contribution is 5.93. The minimum atomic E-state index is 0.0483. The van der Waals surface area contributed by atoms with Gasteiger partial charge in [-0.1, -0.05) is 25.1 Å². The standard InChI is InChI=1S/C21H27NO3/c1-6-22(17-9-7-8-15(2)12-17)21(23)13-16(3)19-11-10-18(24-4)14-20(19)25-5/h7-12,14,16H,6,13H2,1-5H3. The zero-order valence-electron chi connectivity index (χ0n) is 15.7. The van der Waals surface area contributed by atoms with Crippen LogP contribution in [0.1, 0.15) is 37.3 Å². The third-order valence-electron chi connectivity index (χ3n) is 4.38. The van der Waals surface area contributed by atoms with E-state index >= 15 is 0 Å². The zero-order valence-corrected chi connectivity index (χ0v) is 15.7. The Morgan fingerprint density at radius 1 is 1.12 bits per heavy atom. The molecule has 0 aromatic heterocycles.